The number of fused-ring (bicyclic) bond motifs is 12. The predicted octanol–water partition coefficient (Wildman–Crippen LogP) is 20.1. The molecule has 0 N–H and O–H groups in total. The molecule has 0 spiro atoms. The summed E-state index contributed by atoms with van der Waals surface area (Å²) < 4.78 is 7.16. The van der Waals surface area contributed by atoms with Crippen molar-refractivity contribution in [3.05, 3.63) is 290 Å². The second kappa shape index (κ2) is 17.4. The molecule has 3 aromatic heterocycles. The smallest absolute Gasteiger partial charge is 0.0541 e. The Kier molecular flexibility index (Phi) is 9.95. The fraction of sp³-hybridized carbons (Fsp3) is 0.0400. The second-order valence-corrected chi connectivity index (χ2v) is 21.7. The molecule has 372 valence electrons. The molecular formula is C75H52N4. The van der Waals surface area contributed by atoms with E-state index in [1.165, 1.54) is 116 Å². The molecule has 12 aromatic carbocycles. The van der Waals surface area contributed by atoms with Gasteiger partial charge in [0, 0.05) is 71.9 Å². The topological polar surface area (TPSA) is 18.0 Å². The molecule has 79 heavy (non-hydrogen) atoms. The van der Waals surface area contributed by atoms with E-state index in [4.69, 9.17) is 0 Å². The number of para-hydroxylation sites is 6. The molecule has 1 aliphatic carbocycles. The van der Waals surface area contributed by atoms with E-state index in [0.717, 1.165) is 28.4 Å². The van der Waals surface area contributed by atoms with Crippen LogP contribution in [0.15, 0.2) is 279 Å². The standard InChI is InChI=1S/C75H52N4/c1-75(2)67-47-52(51-33-45-74-66(46-51)65-22-10-15-27-73(65)77(74)53-16-4-3-5-17-53)32-43-59(67)60-44-42-58(48-68(60)75)76(55-38-40-57(41-39-55)79-71-25-13-8-20-63(71)64-21-9-14-26-72(64)79)54-34-28-49(29-35-54)50-30-36-56(37-31-50)78-69-23-11-6-18-61(69)62-19-7-12-24-70(62)78/h3-48H,1-2H3. The largest absolute Gasteiger partial charge is 0.310 e. The lowest BCUT2D eigenvalue weighted by Gasteiger charge is -2.28. The van der Waals surface area contributed by atoms with Gasteiger partial charge in [-0.25, -0.2) is 0 Å². The summed E-state index contributed by atoms with van der Waals surface area (Å²) in [6, 6.07) is 103. The van der Waals surface area contributed by atoms with E-state index in [0.29, 0.717) is 0 Å². The highest BCUT2D eigenvalue weighted by Crippen LogP contribution is 2.52. The Morgan fingerprint density at radius 2 is 0.582 bits per heavy atom. The van der Waals surface area contributed by atoms with Crippen LogP contribution in [0.25, 0.3) is 116 Å². The zero-order valence-corrected chi connectivity index (χ0v) is 43.8. The first kappa shape index (κ1) is 45.1. The summed E-state index contributed by atoms with van der Waals surface area (Å²) in [5.41, 5.74) is 23.8. The van der Waals surface area contributed by atoms with Gasteiger partial charge in [0.1, 0.15) is 0 Å². The Morgan fingerprint density at radius 3 is 1.09 bits per heavy atom. The van der Waals surface area contributed by atoms with Crippen molar-refractivity contribution < 1.29 is 0 Å². The van der Waals surface area contributed by atoms with Gasteiger partial charge >= 0.3 is 0 Å². The molecule has 16 rings (SSSR count). The number of hydrogen-bond donors (Lipinski definition) is 0. The fourth-order valence-corrected chi connectivity index (χ4v) is 13.3. The molecule has 0 atom stereocenters. The van der Waals surface area contributed by atoms with Gasteiger partial charge in [0.05, 0.1) is 33.1 Å². The second-order valence-electron chi connectivity index (χ2n) is 21.7. The van der Waals surface area contributed by atoms with Crippen molar-refractivity contribution in [3.8, 4) is 50.4 Å². The van der Waals surface area contributed by atoms with Crippen LogP contribution in [0.3, 0.4) is 0 Å². The molecule has 0 fully saturated rings. The van der Waals surface area contributed by atoms with E-state index in [9.17, 15) is 0 Å². The summed E-state index contributed by atoms with van der Waals surface area (Å²) in [4.78, 5) is 2.43. The van der Waals surface area contributed by atoms with Gasteiger partial charge in [-0.2, -0.15) is 0 Å². The molecule has 0 amide bonds. The zero-order valence-electron chi connectivity index (χ0n) is 43.8. The van der Waals surface area contributed by atoms with Crippen LogP contribution in [0.4, 0.5) is 17.1 Å². The molecule has 0 aliphatic heterocycles. The Morgan fingerprint density at radius 1 is 0.253 bits per heavy atom. The number of nitrogens with zero attached hydrogens (tertiary/aromatic N) is 4. The molecule has 15 aromatic rings. The minimum atomic E-state index is -0.258. The Hall–Kier alpha value is -10.2. The molecule has 0 bridgehead atoms. The number of anilines is 3. The number of hydrogen-bond acceptors (Lipinski definition) is 1. The van der Waals surface area contributed by atoms with E-state index in [2.05, 4.69) is 312 Å². The Bertz CT molecular complexity index is 4790. The van der Waals surface area contributed by atoms with Gasteiger partial charge in [-0.15, -0.1) is 0 Å². The van der Waals surface area contributed by atoms with Gasteiger partial charge in [-0.3, -0.25) is 0 Å². The highest BCUT2D eigenvalue weighted by Gasteiger charge is 2.36. The van der Waals surface area contributed by atoms with Crippen LogP contribution in [0.1, 0.15) is 25.0 Å². The summed E-state index contributed by atoms with van der Waals surface area (Å²) in [6.07, 6.45) is 0. The summed E-state index contributed by atoms with van der Waals surface area (Å²) >= 11 is 0. The predicted molar refractivity (Wildman–Crippen MR) is 333 cm³/mol. The van der Waals surface area contributed by atoms with Crippen molar-refractivity contribution in [2.75, 3.05) is 4.90 Å². The molecular weight excluding hydrogens is 957 g/mol. The Labute approximate surface area is 458 Å². The van der Waals surface area contributed by atoms with E-state index >= 15 is 0 Å². The van der Waals surface area contributed by atoms with Crippen LogP contribution in [0.5, 0.6) is 0 Å². The SMILES string of the molecule is CC1(C)c2cc(-c3ccc4c(c3)c3ccccc3n4-c3ccccc3)ccc2-c2ccc(N(c3ccc(-c4ccc(-n5c6ccccc6c6ccccc65)cc4)cc3)c3ccc(-n4c5ccccc5c5ccccc54)cc3)cc21. The van der Waals surface area contributed by atoms with Crippen molar-refractivity contribution in [2.45, 2.75) is 19.3 Å². The monoisotopic (exact) mass is 1010 g/mol. The lowest BCUT2D eigenvalue weighted by atomic mass is 9.81. The number of benzene rings is 12. The van der Waals surface area contributed by atoms with Crippen LogP contribution in [-0.2, 0) is 5.41 Å². The normalized spacial score (nSPS) is 12.8. The average Bonchev–Trinajstić information content (AvgIpc) is 4.43. The molecule has 3 heterocycles. The molecule has 0 saturated heterocycles. The summed E-state index contributed by atoms with van der Waals surface area (Å²) in [6.45, 7) is 4.79. The van der Waals surface area contributed by atoms with Gasteiger partial charge < -0.3 is 18.6 Å². The van der Waals surface area contributed by atoms with E-state index in [1.807, 2.05) is 0 Å². The van der Waals surface area contributed by atoms with Gasteiger partial charge in [0.25, 0.3) is 0 Å². The van der Waals surface area contributed by atoms with Crippen LogP contribution in [0.2, 0.25) is 0 Å². The average molecular weight is 1010 g/mol. The maximum Gasteiger partial charge on any atom is 0.0541 e. The lowest BCUT2D eigenvalue weighted by Crippen LogP contribution is -2.16. The Balaban J connectivity index is 0.775. The molecule has 4 heteroatoms. The number of aromatic nitrogens is 3. The van der Waals surface area contributed by atoms with Gasteiger partial charge in [-0.1, -0.05) is 172 Å². The van der Waals surface area contributed by atoms with E-state index < -0.39 is 0 Å². The molecule has 0 unspecified atom stereocenters. The molecule has 4 nitrogen and oxygen atoms in total. The minimum absolute atomic E-state index is 0.258. The maximum atomic E-state index is 2.45. The quantitative estimate of drug-likeness (QED) is 0.148. The lowest BCUT2D eigenvalue weighted by molar-refractivity contribution is 0.660. The van der Waals surface area contributed by atoms with Crippen LogP contribution in [0, 0.1) is 0 Å². The third-order valence-electron chi connectivity index (χ3n) is 17.0. The first-order valence-electron chi connectivity index (χ1n) is 27.4. The van der Waals surface area contributed by atoms with Crippen molar-refractivity contribution in [1.82, 2.24) is 13.7 Å². The van der Waals surface area contributed by atoms with Crippen LogP contribution >= 0.6 is 0 Å². The van der Waals surface area contributed by atoms with Crippen molar-refractivity contribution >= 4 is 82.5 Å². The minimum Gasteiger partial charge on any atom is -0.310 e. The summed E-state index contributed by atoms with van der Waals surface area (Å²) in [5.74, 6) is 0. The molecule has 0 radical (unpaired) electrons. The molecule has 1 aliphatic rings. The van der Waals surface area contributed by atoms with Crippen molar-refractivity contribution in [1.29, 1.82) is 0 Å². The molecule has 0 saturated carbocycles. The number of rotatable bonds is 8. The zero-order chi connectivity index (χ0) is 52.3. The van der Waals surface area contributed by atoms with Gasteiger partial charge in [0.15, 0.2) is 0 Å². The van der Waals surface area contributed by atoms with Crippen molar-refractivity contribution in [3.63, 3.8) is 0 Å². The van der Waals surface area contributed by atoms with Crippen LogP contribution in [-0.4, -0.2) is 13.7 Å². The first-order valence-corrected chi connectivity index (χ1v) is 27.4. The van der Waals surface area contributed by atoms with Gasteiger partial charge in [0.2, 0.25) is 0 Å². The highest BCUT2D eigenvalue weighted by molar-refractivity contribution is 6.12. The maximum absolute atomic E-state index is 2.45. The first-order chi connectivity index (χ1) is 38.9. The summed E-state index contributed by atoms with van der Waals surface area (Å²) in [7, 11) is 0. The van der Waals surface area contributed by atoms with Crippen molar-refractivity contribution in [2.24, 2.45) is 0 Å². The van der Waals surface area contributed by atoms with E-state index in [-0.39, 0.29) is 5.41 Å². The van der Waals surface area contributed by atoms with E-state index in [1.54, 1.807) is 0 Å². The summed E-state index contributed by atoms with van der Waals surface area (Å²) in [5, 5.41) is 7.57. The third-order valence-corrected chi connectivity index (χ3v) is 17.0. The fourth-order valence-electron chi connectivity index (χ4n) is 13.3. The van der Waals surface area contributed by atoms with Gasteiger partial charge in [-0.05, 0) is 166 Å². The highest BCUT2D eigenvalue weighted by atomic mass is 15.1. The third kappa shape index (κ3) is 6.94. The van der Waals surface area contributed by atoms with Crippen LogP contribution < -0.4 is 4.90 Å².